The van der Waals surface area contributed by atoms with Crippen molar-refractivity contribution in [3.63, 3.8) is 0 Å². The highest BCUT2D eigenvalue weighted by Crippen LogP contribution is 2.08. The minimum atomic E-state index is -0.657. The van der Waals surface area contributed by atoms with Crippen molar-refractivity contribution in [3.05, 3.63) is 58.6 Å². The first-order chi connectivity index (χ1) is 12.6. The van der Waals surface area contributed by atoms with Crippen LogP contribution in [-0.4, -0.2) is 23.5 Å². The number of unbranched alkanes of at least 4 members (excludes halogenated alkanes) is 3. The van der Waals surface area contributed by atoms with Gasteiger partial charge >= 0.3 is 0 Å². The van der Waals surface area contributed by atoms with E-state index in [2.05, 4.69) is 10.6 Å². The molecule has 0 saturated carbocycles. The molecule has 138 valence electrons. The first-order valence-electron chi connectivity index (χ1n) is 8.51. The summed E-state index contributed by atoms with van der Waals surface area (Å²) in [4.78, 5) is 34.8. The van der Waals surface area contributed by atoms with Gasteiger partial charge in [-0.3, -0.25) is 14.4 Å². The molecule has 7 heteroatoms. The van der Waals surface area contributed by atoms with E-state index in [4.69, 9.17) is 9.52 Å². The Labute approximate surface area is 151 Å². The molecule has 1 aromatic carbocycles. The van der Waals surface area contributed by atoms with Gasteiger partial charge in [0.15, 0.2) is 11.5 Å². The quantitative estimate of drug-likeness (QED) is 0.597. The van der Waals surface area contributed by atoms with E-state index in [1.54, 1.807) is 0 Å². The number of para-hydroxylation sites is 1. The third-order valence-electron chi connectivity index (χ3n) is 3.71. The number of anilines is 1. The number of hydrogen-bond donors (Lipinski definition) is 3. The van der Waals surface area contributed by atoms with Crippen molar-refractivity contribution in [2.24, 2.45) is 0 Å². The molecule has 1 aromatic heterocycles. The van der Waals surface area contributed by atoms with Gasteiger partial charge in [-0.25, -0.2) is 0 Å². The van der Waals surface area contributed by atoms with Crippen LogP contribution < -0.4 is 16.1 Å². The van der Waals surface area contributed by atoms with Crippen LogP contribution in [0.25, 0.3) is 0 Å². The molecule has 2 aromatic rings. The summed E-state index contributed by atoms with van der Waals surface area (Å²) in [5.41, 5.74) is 0.135. The molecule has 1 heterocycles. The van der Waals surface area contributed by atoms with Crippen molar-refractivity contribution in [1.29, 1.82) is 0 Å². The Morgan fingerprint density at radius 1 is 1.04 bits per heavy atom. The molecule has 0 aliphatic rings. The Hall–Kier alpha value is -3.09. The molecule has 0 aliphatic carbocycles. The van der Waals surface area contributed by atoms with Crippen molar-refractivity contribution < 1.29 is 19.1 Å². The Kier molecular flexibility index (Phi) is 7.42. The monoisotopic (exact) mass is 358 g/mol. The number of carbonyl (C=O) groups is 2. The average Bonchev–Trinajstić information content (AvgIpc) is 2.63. The maximum absolute atomic E-state index is 11.8. The number of amides is 2. The van der Waals surface area contributed by atoms with Crippen molar-refractivity contribution in [2.45, 2.75) is 32.1 Å². The van der Waals surface area contributed by atoms with Gasteiger partial charge in [-0.05, 0) is 25.0 Å². The van der Waals surface area contributed by atoms with E-state index in [1.165, 1.54) is 0 Å². The molecule has 0 saturated heterocycles. The van der Waals surface area contributed by atoms with Gasteiger partial charge < -0.3 is 20.2 Å². The smallest absolute Gasteiger partial charge is 0.287 e. The second kappa shape index (κ2) is 10.0. The fourth-order valence-corrected chi connectivity index (χ4v) is 2.32. The molecule has 7 nitrogen and oxygen atoms in total. The van der Waals surface area contributed by atoms with E-state index in [0.717, 1.165) is 43.7 Å². The zero-order valence-corrected chi connectivity index (χ0v) is 14.4. The summed E-state index contributed by atoms with van der Waals surface area (Å²) >= 11 is 0. The van der Waals surface area contributed by atoms with E-state index in [9.17, 15) is 14.4 Å². The van der Waals surface area contributed by atoms with Crippen LogP contribution in [0.1, 0.15) is 42.7 Å². The van der Waals surface area contributed by atoms with Crippen LogP contribution in [-0.2, 0) is 4.79 Å². The van der Waals surface area contributed by atoms with E-state index < -0.39 is 17.1 Å². The van der Waals surface area contributed by atoms with Gasteiger partial charge in [0.05, 0.1) is 0 Å². The van der Waals surface area contributed by atoms with Crippen LogP contribution >= 0.6 is 0 Å². The van der Waals surface area contributed by atoms with Crippen molar-refractivity contribution in [3.8, 4) is 5.75 Å². The second-order valence-electron chi connectivity index (χ2n) is 5.83. The molecule has 2 rings (SSSR count). The molecule has 0 spiro atoms. The lowest BCUT2D eigenvalue weighted by Crippen LogP contribution is -2.25. The topological polar surface area (TPSA) is 109 Å². The third kappa shape index (κ3) is 6.43. The summed E-state index contributed by atoms with van der Waals surface area (Å²) in [5, 5.41) is 14.6. The lowest BCUT2D eigenvalue weighted by Gasteiger charge is -2.06. The zero-order chi connectivity index (χ0) is 18.8. The second-order valence-corrected chi connectivity index (χ2v) is 5.83. The molecule has 0 atom stereocenters. The molecular weight excluding hydrogens is 336 g/mol. The van der Waals surface area contributed by atoms with E-state index >= 15 is 0 Å². The number of benzene rings is 1. The number of hydrogen-bond acceptors (Lipinski definition) is 5. The zero-order valence-electron chi connectivity index (χ0n) is 14.4. The number of rotatable bonds is 9. The van der Waals surface area contributed by atoms with Crippen molar-refractivity contribution in [1.82, 2.24) is 5.32 Å². The minimum absolute atomic E-state index is 0.00754. The average molecular weight is 358 g/mol. The van der Waals surface area contributed by atoms with Gasteiger partial charge in [0.1, 0.15) is 6.26 Å². The van der Waals surface area contributed by atoms with Crippen LogP contribution in [0.2, 0.25) is 0 Å². The predicted molar refractivity (Wildman–Crippen MR) is 97.1 cm³/mol. The van der Waals surface area contributed by atoms with Crippen molar-refractivity contribution in [2.75, 3.05) is 11.9 Å². The first-order valence-corrected chi connectivity index (χ1v) is 8.51. The molecule has 0 aliphatic heterocycles. The van der Waals surface area contributed by atoms with Crippen LogP contribution in [0.4, 0.5) is 5.69 Å². The van der Waals surface area contributed by atoms with Crippen molar-refractivity contribution >= 4 is 17.5 Å². The summed E-state index contributed by atoms with van der Waals surface area (Å²) in [6.45, 7) is 0.444. The van der Waals surface area contributed by atoms with Crippen LogP contribution in [0, 0.1) is 0 Å². The lowest BCUT2D eigenvalue weighted by molar-refractivity contribution is -0.116. The summed E-state index contributed by atoms with van der Waals surface area (Å²) in [7, 11) is 0. The molecule has 0 radical (unpaired) electrons. The molecule has 0 bridgehead atoms. The fourth-order valence-electron chi connectivity index (χ4n) is 2.32. The Balaban J connectivity index is 1.55. The van der Waals surface area contributed by atoms with Crippen LogP contribution in [0.15, 0.2) is 51.9 Å². The summed E-state index contributed by atoms with van der Waals surface area (Å²) in [6.07, 6.45) is 4.59. The molecule has 0 fully saturated rings. The maximum Gasteiger partial charge on any atom is 0.287 e. The Bertz CT molecular complexity index is 786. The summed E-state index contributed by atoms with van der Waals surface area (Å²) < 4.78 is 4.86. The SMILES string of the molecule is O=C(CCCCCCNC(=O)c1cc(=O)c(O)co1)Nc1ccccc1. The van der Waals surface area contributed by atoms with Gasteiger partial charge in [-0.2, -0.15) is 0 Å². The number of aromatic hydroxyl groups is 1. The Morgan fingerprint density at radius 3 is 2.50 bits per heavy atom. The highest BCUT2D eigenvalue weighted by Gasteiger charge is 2.10. The van der Waals surface area contributed by atoms with E-state index in [-0.39, 0.29) is 11.7 Å². The van der Waals surface area contributed by atoms with Gasteiger partial charge in [0.2, 0.25) is 11.3 Å². The summed E-state index contributed by atoms with van der Waals surface area (Å²) in [5.74, 6) is -1.17. The molecule has 26 heavy (non-hydrogen) atoms. The van der Waals surface area contributed by atoms with Gasteiger partial charge in [-0.15, -0.1) is 0 Å². The molecule has 0 unspecified atom stereocenters. The molecule has 2 amide bonds. The highest BCUT2D eigenvalue weighted by molar-refractivity contribution is 5.91. The highest BCUT2D eigenvalue weighted by atomic mass is 16.4. The maximum atomic E-state index is 11.8. The molecular formula is C19H22N2O5. The lowest BCUT2D eigenvalue weighted by atomic mass is 10.1. The predicted octanol–water partition coefficient (Wildman–Crippen LogP) is 2.66. The largest absolute Gasteiger partial charge is 0.502 e. The minimum Gasteiger partial charge on any atom is -0.502 e. The van der Waals surface area contributed by atoms with Crippen LogP contribution in [0.5, 0.6) is 5.75 Å². The number of carbonyl (C=O) groups excluding carboxylic acids is 2. The molecule has 3 N–H and O–H groups in total. The summed E-state index contributed by atoms with van der Waals surface area (Å²) in [6, 6.07) is 10.3. The first kappa shape index (κ1) is 19.2. The van der Waals surface area contributed by atoms with Gasteiger partial charge in [0, 0.05) is 24.7 Å². The third-order valence-corrected chi connectivity index (χ3v) is 3.71. The van der Waals surface area contributed by atoms with Gasteiger partial charge in [0.25, 0.3) is 5.91 Å². The van der Waals surface area contributed by atoms with E-state index in [1.807, 2.05) is 30.3 Å². The van der Waals surface area contributed by atoms with Gasteiger partial charge in [-0.1, -0.05) is 31.0 Å². The van der Waals surface area contributed by atoms with Crippen LogP contribution in [0.3, 0.4) is 0 Å². The normalized spacial score (nSPS) is 10.3. The Morgan fingerprint density at radius 2 is 1.77 bits per heavy atom. The standard InChI is InChI=1S/C19H22N2O5/c22-15-12-17(26-13-16(15)23)19(25)20-11-7-2-1-6-10-18(24)21-14-8-4-3-5-9-14/h3-5,8-9,12-13,23H,1-2,6-7,10-11H2,(H,20,25)(H,21,24). The van der Waals surface area contributed by atoms with E-state index in [0.29, 0.717) is 13.0 Å². The number of nitrogens with one attached hydrogen (secondary N) is 2. The fraction of sp³-hybridized carbons (Fsp3) is 0.316.